The second-order valence-corrected chi connectivity index (χ2v) is 8.34. The van der Waals surface area contributed by atoms with E-state index in [-0.39, 0.29) is 17.3 Å². The second-order valence-electron chi connectivity index (χ2n) is 8.34. The van der Waals surface area contributed by atoms with Crippen LogP contribution in [0.1, 0.15) is 53.9 Å². The largest absolute Gasteiger partial charge is 0.464 e. The van der Waals surface area contributed by atoms with Crippen molar-refractivity contribution in [2.45, 2.75) is 65.5 Å². The van der Waals surface area contributed by atoms with Crippen LogP contribution < -0.4 is 0 Å². The Morgan fingerprint density at radius 3 is 2.24 bits per heavy atom. The Labute approximate surface area is 152 Å². The van der Waals surface area contributed by atoms with Crippen LogP contribution in [0.15, 0.2) is 25.3 Å². The highest BCUT2D eigenvalue weighted by Gasteiger charge is 2.49. The summed E-state index contributed by atoms with van der Waals surface area (Å²) < 4.78 is 10.9. The molecule has 5 heteroatoms. The molecule has 0 N–H and O–H groups in total. The van der Waals surface area contributed by atoms with Gasteiger partial charge in [0.2, 0.25) is 0 Å². The van der Waals surface area contributed by atoms with Crippen molar-refractivity contribution >= 4 is 12.1 Å². The molecule has 0 aromatic rings. The number of amides is 1. The van der Waals surface area contributed by atoms with Gasteiger partial charge in [0.15, 0.2) is 0 Å². The van der Waals surface area contributed by atoms with Crippen molar-refractivity contribution < 1.29 is 19.1 Å². The molecule has 0 saturated carbocycles. The lowest BCUT2D eigenvalue weighted by molar-refractivity contribution is -0.150. The SMILES string of the molecule is C=CCC1(CC=C)CC(C(=O)OCC(C)C)N(C(=O)OC(C)(C)C)C1. The fourth-order valence-corrected chi connectivity index (χ4v) is 3.12. The lowest BCUT2D eigenvalue weighted by Gasteiger charge is -2.29. The Hall–Kier alpha value is -1.78. The maximum Gasteiger partial charge on any atom is 0.411 e. The van der Waals surface area contributed by atoms with Crippen LogP contribution in [0.3, 0.4) is 0 Å². The van der Waals surface area contributed by atoms with E-state index in [2.05, 4.69) is 13.2 Å². The van der Waals surface area contributed by atoms with Gasteiger partial charge in [-0.1, -0.05) is 26.0 Å². The third-order valence-corrected chi connectivity index (χ3v) is 4.12. The lowest BCUT2D eigenvalue weighted by Crippen LogP contribution is -2.44. The van der Waals surface area contributed by atoms with Crippen molar-refractivity contribution in [2.24, 2.45) is 11.3 Å². The van der Waals surface area contributed by atoms with Crippen molar-refractivity contribution in [2.75, 3.05) is 13.2 Å². The molecule has 0 aliphatic carbocycles. The van der Waals surface area contributed by atoms with Gasteiger partial charge in [0.05, 0.1) is 6.61 Å². The van der Waals surface area contributed by atoms with Gasteiger partial charge in [0.25, 0.3) is 0 Å². The van der Waals surface area contributed by atoms with Crippen LogP contribution in [0.25, 0.3) is 0 Å². The number of rotatable bonds is 7. The van der Waals surface area contributed by atoms with Gasteiger partial charge in [-0.25, -0.2) is 9.59 Å². The molecule has 1 aliphatic rings. The molecule has 25 heavy (non-hydrogen) atoms. The molecule has 5 nitrogen and oxygen atoms in total. The van der Waals surface area contributed by atoms with E-state index in [1.54, 1.807) is 0 Å². The van der Waals surface area contributed by atoms with E-state index in [1.165, 1.54) is 4.90 Å². The zero-order valence-corrected chi connectivity index (χ0v) is 16.3. The zero-order chi connectivity index (χ0) is 19.3. The van der Waals surface area contributed by atoms with E-state index < -0.39 is 17.7 Å². The van der Waals surface area contributed by atoms with E-state index in [1.807, 2.05) is 46.8 Å². The molecule has 142 valence electrons. The Balaban J connectivity index is 3.04. The predicted molar refractivity (Wildman–Crippen MR) is 99.2 cm³/mol. The summed E-state index contributed by atoms with van der Waals surface area (Å²) in [7, 11) is 0. The number of hydrogen-bond acceptors (Lipinski definition) is 4. The van der Waals surface area contributed by atoms with Gasteiger partial charge in [-0.15, -0.1) is 13.2 Å². The fraction of sp³-hybridized carbons (Fsp3) is 0.700. The summed E-state index contributed by atoms with van der Waals surface area (Å²) in [5.74, 6) is -0.124. The Morgan fingerprint density at radius 2 is 1.80 bits per heavy atom. The van der Waals surface area contributed by atoms with Gasteiger partial charge in [-0.2, -0.15) is 0 Å². The fourth-order valence-electron chi connectivity index (χ4n) is 3.12. The van der Waals surface area contributed by atoms with E-state index in [0.717, 1.165) is 0 Å². The van der Waals surface area contributed by atoms with Crippen LogP contribution in [0.5, 0.6) is 0 Å². The average molecular weight is 351 g/mol. The highest BCUT2D eigenvalue weighted by molar-refractivity contribution is 5.82. The number of ether oxygens (including phenoxy) is 2. The summed E-state index contributed by atoms with van der Waals surface area (Å²) in [6.45, 7) is 17.8. The Morgan fingerprint density at radius 1 is 1.24 bits per heavy atom. The van der Waals surface area contributed by atoms with E-state index in [4.69, 9.17) is 9.47 Å². The Kier molecular flexibility index (Phi) is 7.27. The van der Waals surface area contributed by atoms with Crippen molar-refractivity contribution in [1.82, 2.24) is 4.90 Å². The summed E-state index contributed by atoms with van der Waals surface area (Å²) in [6, 6.07) is -0.631. The molecular formula is C20H33NO4. The van der Waals surface area contributed by atoms with Crippen LogP contribution in [0, 0.1) is 11.3 Å². The minimum Gasteiger partial charge on any atom is -0.464 e. The zero-order valence-electron chi connectivity index (χ0n) is 16.3. The van der Waals surface area contributed by atoms with E-state index >= 15 is 0 Å². The van der Waals surface area contributed by atoms with Gasteiger partial charge in [-0.3, -0.25) is 4.90 Å². The molecule has 1 fully saturated rings. The number of carbonyl (C=O) groups excluding carboxylic acids is 2. The number of nitrogens with zero attached hydrogens (tertiary/aromatic N) is 1. The molecule has 1 heterocycles. The summed E-state index contributed by atoms with van der Waals surface area (Å²) in [6.07, 6.45) is 5.12. The lowest BCUT2D eigenvalue weighted by atomic mass is 9.79. The second kappa shape index (κ2) is 8.54. The molecular weight excluding hydrogens is 318 g/mol. The highest BCUT2D eigenvalue weighted by Crippen LogP contribution is 2.42. The first-order valence-corrected chi connectivity index (χ1v) is 8.91. The third kappa shape index (κ3) is 6.22. The van der Waals surface area contributed by atoms with Crippen molar-refractivity contribution in [1.29, 1.82) is 0 Å². The molecule has 0 aromatic heterocycles. The minimum absolute atomic E-state index is 0.242. The number of allylic oxidation sites excluding steroid dienone is 2. The van der Waals surface area contributed by atoms with E-state index in [9.17, 15) is 9.59 Å². The molecule has 0 aromatic carbocycles. The molecule has 1 unspecified atom stereocenters. The van der Waals surface area contributed by atoms with Crippen molar-refractivity contribution in [3.8, 4) is 0 Å². The molecule has 0 bridgehead atoms. The van der Waals surface area contributed by atoms with Gasteiger partial charge >= 0.3 is 12.1 Å². The Bertz CT molecular complexity index is 494. The van der Waals surface area contributed by atoms with Crippen LogP contribution in [-0.4, -0.2) is 41.8 Å². The van der Waals surface area contributed by atoms with Crippen LogP contribution >= 0.6 is 0 Å². The first-order valence-electron chi connectivity index (χ1n) is 8.91. The summed E-state index contributed by atoms with van der Waals surface area (Å²) >= 11 is 0. The molecule has 0 spiro atoms. The first-order chi connectivity index (χ1) is 11.5. The maximum atomic E-state index is 12.7. The van der Waals surface area contributed by atoms with Gasteiger partial charge in [0.1, 0.15) is 11.6 Å². The number of carbonyl (C=O) groups is 2. The van der Waals surface area contributed by atoms with Crippen molar-refractivity contribution in [3.63, 3.8) is 0 Å². The third-order valence-electron chi connectivity index (χ3n) is 4.12. The number of esters is 1. The molecule has 0 radical (unpaired) electrons. The molecule has 1 amide bonds. The van der Waals surface area contributed by atoms with Crippen LogP contribution in [-0.2, 0) is 14.3 Å². The molecule has 1 aliphatic heterocycles. The van der Waals surface area contributed by atoms with Gasteiger partial charge in [-0.05, 0) is 51.4 Å². The minimum atomic E-state index is -0.631. The topological polar surface area (TPSA) is 55.8 Å². The monoisotopic (exact) mass is 351 g/mol. The van der Waals surface area contributed by atoms with E-state index in [0.29, 0.717) is 32.4 Å². The quantitative estimate of drug-likeness (QED) is 0.506. The summed E-state index contributed by atoms with van der Waals surface area (Å²) in [4.78, 5) is 26.8. The van der Waals surface area contributed by atoms with Crippen molar-refractivity contribution in [3.05, 3.63) is 25.3 Å². The van der Waals surface area contributed by atoms with Crippen LogP contribution in [0.4, 0.5) is 4.79 Å². The highest BCUT2D eigenvalue weighted by atomic mass is 16.6. The normalized spacial score (nSPS) is 19.6. The van der Waals surface area contributed by atoms with Gasteiger partial charge in [0, 0.05) is 6.54 Å². The van der Waals surface area contributed by atoms with Gasteiger partial charge < -0.3 is 9.47 Å². The smallest absolute Gasteiger partial charge is 0.411 e. The summed E-state index contributed by atoms with van der Waals surface area (Å²) in [5.41, 5.74) is -0.868. The molecule has 1 atom stereocenters. The average Bonchev–Trinajstić information content (AvgIpc) is 2.83. The standard InChI is InChI=1S/C20H33NO4/c1-8-10-20(11-9-2)12-16(17(22)24-13-15(3)4)21(14-20)18(23)25-19(5,6)7/h8-9,15-16H,1-2,10-14H2,3-7H3. The molecule has 1 saturated heterocycles. The molecule has 1 rings (SSSR count). The first kappa shape index (κ1) is 21.3. The van der Waals surface area contributed by atoms with Crippen LogP contribution in [0.2, 0.25) is 0 Å². The number of likely N-dealkylation sites (tertiary alicyclic amines) is 1. The number of hydrogen-bond donors (Lipinski definition) is 0. The predicted octanol–water partition coefficient (Wildman–Crippen LogP) is 4.33. The maximum absolute atomic E-state index is 12.7. The summed E-state index contributed by atoms with van der Waals surface area (Å²) in [5, 5.41) is 0.